The molecule has 0 aromatic heterocycles. The lowest BCUT2D eigenvalue weighted by molar-refractivity contribution is -0.121. The van der Waals surface area contributed by atoms with E-state index in [9.17, 15) is 13.2 Å². The molecule has 0 aliphatic rings. The molecule has 1 atom stereocenters. The number of hydrogen-bond donors (Lipinski definition) is 1. The summed E-state index contributed by atoms with van der Waals surface area (Å²) in [5.74, 6) is -0.510. The van der Waals surface area contributed by atoms with E-state index in [0.717, 1.165) is 19.7 Å². The van der Waals surface area contributed by atoms with Gasteiger partial charge in [0.25, 0.3) is 5.91 Å². The third-order valence-electron chi connectivity index (χ3n) is 3.69. The topological polar surface area (TPSA) is 78.8 Å². The molecule has 6 nitrogen and oxygen atoms in total. The summed E-state index contributed by atoms with van der Waals surface area (Å²) in [4.78, 5) is 12.5. The molecule has 2 rings (SSSR count). The molecule has 0 saturated heterocycles. The summed E-state index contributed by atoms with van der Waals surface area (Å²) in [5, 5.41) is 4.10. The summed E-state index contributed by atoms with van der Waals surface area (Å²) >= 11 is 2.21. The van der Waals surface area contributed by atoms with E-state index in [-0.39, 0.29) is 0 Å². The second-order valence-corrected chi connectivity index (χ2v) is 8.86. The molecule has 1 N–H and O–H groups in total. The van der Waals surface area contributed by atoms with E-state index in [0.29, 0.717) is 11.4 Å². The minimum Gasteiger partial charge on any atom is -0.271 e. The van der Waals surface area contributed by atoms with Gasteiger partial charge in [0.1, 0.15) is 6.04 Å². The number of para-hydroxylation sites is 1. The van der Waals surface area contributed by atoms with Gasteiger partial charge >= 0.3 is 0 Å². The highest BCUT2D eigenvalue weighted by atomic mass is 127. The second-order valence-electron chi connectivity index (χ2n) is 5.75. The van der Waals surface area contributed by atoms with Gasteiger partial charge in [0.05, 0.1) is 17.7 Å². The van der Waals surface area contributed by atoms with Gasteiger partial charge in [-0.2, -0.15) is 5.10 Å². The molecule has 0 heterocycles. The van der Waals surface area contributed by atoms with Crippen molar-refractivity contribution in [2.75, 3.05) is 10.6 Å². The average Bonchev–Trinajstić information content (AvgIpc) is 2.59. The lowest BCUT2D eigenvalue weighted by Gasteiger charge is -2.27. The molecular weight excluding hydrogens is 465 g/mol. The second kappa shape index (κ2) is 8.63. The van der Waals surface area contributed by atoms with Gasteiger partial charge in [-0.3, -0.25) is 9.10 Å². The fourth-order valence-electron chi connectivity index (χ4n) is 2.37. The van der Waals surface area contributed by atoms with E-state index < -0.39 is 22.0 Å². The molecule has 1 amide bonds. The number of carbonyl (C=O) groups is 1. The van der Waals surface area contributed by atoms with E-state index in [1.165, 1.54) is 6.92 Å². The summed E-state index contributed by atoms with van der Waals surface area (Å²) in [6, 6.07) is 15.3. The standard InChI is InChI=1S/C18H20IN3O3S/c1-13(15-9-11-16(19)12-10-15)20-21-18(23)14(2)22(26(3,24)25)17-7-5-4-6-8-17/h4-12,14H,1-3H3,(H,21,23)/b20-13-/t14-/m0/s1. The number of anilines is 1. The van der Waals surface area contributed by atoms with Crippen molar-refractivity contribution in [2.45, 2.75) is 19.9 Å². The van der Waals surface area contributed by atoms with Crippen LogP contribution < -0.4 is 9.73 Å². The van der Waals surface area contributed by atoms with Crippen molar-refractivity contribution in [1.29, 1.82) is 0 Å². The Kier molecular flexibility index (Phi) is 6.76. The molecule has 0 fully saturated rings. The molecule has 0 unspecified atom stereocenters. The van der Waals surface area contributed by atoms with Gasteiger partial charge in [0.15, 0.2) is 0 Å². The van der Waals surface area contributed by atoms with Gasteiger partial charge in [-0.25, -0.2) is 13.8 Å². The van der Waals surface area contributed by atoms with Gasteiger partial charge in [0.2, 0.25) is 10.0 Å². The third kappa shape index (κ3) is 5.28. The zero-order chi connectivity index (χ0) is 19.3. The molecule has 0 aliphatic carbocycles. The van der Waals surface area contributed by atoms with Crippen LogP contribution in [0, 0.1) is 3.57 Å². The quantitative estimate of drug-likeness (QED) is 0.388. The van der Waals surface area contributed by atoms with Crippen LogP contribution >= 0.6 is 22.6 Å². The number of carbonyl (C=O) groups excluding carboxylic acids is 1. The monoisotopic (exact) mass is 485 g/mol. The fraction of sp³-hybridized carbons (Fsp3) is 0.222. The number of sulfonamides is 1. The van der Waals surface area contributed by atoms with E-state index in [4.69, 9.17) is 0 Å². The zero-order valence-electron chi connectivity index (χ0n) is 14.7. The molecule has 8 heteroatoms. The molecular formula is C18H20IN3O3S. The van der Waals surface area contributed by atoms with Crippen LogP contribution in [0.5, 0.6) is 0 Å². The average molecular weight is 485 g/mol. The van der Waals surface area contributed by atoms with Crippen LogP contribution in [0.25, 0.3) is 0 Å². The van der Waals surface area contributed by atoms with Crippen molar-refractivity contribution in [3.05, 3.63) is 63.7 Å². The van der Waals surface area contributed by atoms with E-state index >= 15 is 0 Å². The number of nitrogens with one attached hydrogen (secondary N) is 1. The predicted molar refractivity (Wildman–Crippen MR) is 113 cm³/mol. The fourth-order valence-corrected chi connectivity index (χ4v) is 3.91. The summed E-state index contributed by atoms with van der Waals surface area (Å²) in [6.07, 6.45) is 1.07. The smallest absolute Gasteiger partial charge is 0.263 e. The highest BCUT2D eigenvalue weighted by Gasteiger charge is 2.28. The molecule has 0 bridgehead atoms. The van der Waals surface area contributed by atoms with Gasteiger partial charge in [-0.15, -0.1) is 0 Å². The van der Waals surface area contributed by atoms with Crippen LogP contribution in [-0.2, 0) is 14.8 Å². The Morgan fingerprint density at radius 2 is 1.69 bits per heavy atom. The summed E-state index contributed by atoms with van der Waals surface area (Å²) in [5.41, 5.74) is 4.39. The Morgan fingerprint density at radius 1 is 1.12 bits per heavy atom. The SMILES string of the molecule is C/C(=N/NC(=O)[C@H](C)N(c1ccccc1)S(C)(=O)=O)c1ccc(I)cc1. The minimum atomic E-state index is -3.63. The molecule has 2 aromatic rings. The highest BCUT2D eigenvalue weighted by molar-refractivity contribution is 14.1. The maximum Gasteiger partial charge on any atom is 0.263 e. The number of hydrogen-bond acceptors (Lipinski definition) is 4. The first-order chi connectivity index (χ1) is 12.2. The van der Waals surface area contributed by atoms with Crippen LogP contribution in [0.15, 0.2) is 59.7 Å². The predicted octanol–water partition coefficient (Wildman–Crippen LogP) is 2.99. The van der Waals surface area contributed by atoms with Crippen LogP contribution in [-0.4, -0.2) is 32.3 Å². The highest BCUT2D eigenvalue weighted by Crippen LogP contribution is 2.20. The summed E-state index contributed by atoms with van der Waals surface area (Å²) in [6.45, 7) is 3.30. The van der Waals surface area contributed by atoms with Crippen molar-refractivity contribution in [1.82, 2.24) is 5.43 Å². The number of nitrogens with zero attached hydrogens (tertiary/aromatic N) is 2. The van der Waals surface area contributed by atoms with E-state index in [1.54, 1.807) is 37.3 Å². The summed E-state index contributed by atoms with van der Waals surface area (Å²) in [7, 11) is -3.63. The Labute approximate surface area is 167 Å². The van der Waals surface area contributed by atoms with Gasteiger partial charge in [-0.05, 0) is 66.3 Å². The third-order valence-corrected chi connectivity index (χ3v) is 5.66. The normalized spacial score (nSPS) is 13.2. The largest absolute Gasteiger partial charge is 0.271 e. The van der Waals surface area contributed by atoms with E-state index in [1.807, 2.05) is 24.3 Å². The van der Waals surface area contributed by atoms with E-state index in [2.05, 4.69) is 33.1 Å². The molecule has 26 heavy (non-hydrogen) atoms. The number of benzene rings is 2. The number of hydrazone groups is 1. The molecule has 0 radical (unpaired) electrons. The van der Waals surface area contributed by atoms with Crippen molar-refractivity contribution in [3.8, 4) is 0 Å². The van der Waals surface area contributed by atoms with Crippen LogP contribution in [0.1, 0.15) is 19.4 Å². The molecule has 138 valence electrons. The van der Waals surface area contributed by atoms with Gasteiger partial charge in [-0.1, -0.05) is 30.3 Å². The van der Waals surface area contributed by atoms with Crippen molar-refractivity contribution < 1.29 is 13.2 Å². The van der Waals surface area contributed by atoms with Crippen molar-refractivity contribution in [2.24, 2.45) is 5.10 Å². The molecule has 0 saturated carbocycles. The van der Waals surface area contributed by atoms with Gasteiger partial charge < -0.3 is 0 Å². The maximum atomic E-state index is 12.5. The molecule has 0 aliphatic heterocycles. The van der Waals surface area contributed by atoms with Crippen LogP contribution in [0.3, 0.4) is 0 Å². The summed E-state index contributed by atoms with van der Waals surface area (Å²) < 4.78 is 26.5. The lowest BCUT2D eigenvalue weighted by atomic mass is 10.1. The Morgan fingerprint density at radius 3 is 2.23 bits per heavy atom. The maximum absolute atomic E-state index is 12.5. The van der Waals surface area contributed by atoms with Crippen LogP contribution in [0.4, 0.5) is 5.69 Å². The lowest BCUT2D eigenvalue weighted by Crippen LogP contribution is -2.46. The zero-order valence-corrected chi connectivity index (χ0v) is 17.7. The number of rotatable bonds is 6. The van der Waals surface area contributed by atoms with Crippen molar-refractivity contribution >= 4 is 49.9 Å². The first-order valence-corrected chi connectivity index (χ1v) is 10.8. The Balaban J connectivity index is 2.19. The Bertz CT molecular complexity index is 897. The first kappa shape index (κ1) is 20.4. The number of amides is 1. The number of halogens is 1. The van der Waals surface area contributed by atoms with Gasteiger partial charge in [0, 0.05) is 3.57 Å². The minimum absolute atomic E-state index is 0.427. The van der Waals surface area contributed by atoms with Crippen molar-refractivity contribution in [3.63, 3.8) is 0 Å². The molecule has 0 spiro atoms. The first-order valence-electron chi connectivity index (χ1n) is 7.84. The van der Waals surface area contributed by atoms with Crippen LogP contribution in [0.2, 0.25) is 0 Å². The molecule has 2 aromatic carbocycles. The Hall–Kier alpha value is -1.94.